The highest BCUT2D eigenvalue weighted by Crippen LogP contribution is 2.34. The van der Waals surface area contributed by atoms with Crippen LogP contribution in [-0.2, 0) is 13.6 Å². The molecule has 4 heteroatoms. The lowest BCUT2D eigenvalue weighted by molar-refractivity contribution is -0.634. The standard InChI is InChI=1S/C18H18N3S/c1-4-21-15-8-6-5-7-14(15)20(3)18(21)16-12(2)9-10-13-17(16)22-11-19-13/h5-11H,4H2,1-3H3/q+1. The van der Waals surface area contributed by atoms with Gasteiger partial charge < -0.3 is 0 Å². The second-order valence-electron chi connectivity index (χ2n) is 5.57. The molecule has 110 valence electrons. The van der Waals surface area contributed by atoms with Crippen molar-refractivity contribution >= 4 is 32.6 Å². The van der Waals surface area contributed by atoms with Gasteiger partial charge in [0.05, 0.1) is 34.9 Å². The molecule has 0 aliphatic carbocycles. The Labute approximate surface area is 133 Å². The Morgan fingerprint density at radius 1 is 1.18 bits per heavy atom. The number of aryl methyl sites for hydroxylation is 3. The number of rotatable bonds is 2. The molecule has 0 N–H and O–H groups in total. The van der Waals surface area contributed by atoms with Crippen molar-refractivity contribution in [3.8, 4) is 11.4 Å². The van der Waals surface area contributed by atoms with E-state index in [1.165, 1.54) is 32.7 Å². The third-order valence-electron chi connectivity index (χ3n) is 4.35. The molecule has 0 amide bonds. The Morgan fingerprint density at radius 2 is 2.00 bits per heavy atom. The van der Waals surface area contributed by atoms with E-state index in [1.807, 2.05) is 5.51 Å². The minimum Gasteiger partial charge on any atom is -0.245 e. The third kappa shape index (κ3) is 1.74. The Bertz CT molecular complexity index is 994. The third-order valence-corrected chi connectivity index (χ3v) is 5.21. The Morgan fingerprint density at radius 3 is 2.82 bits per heavy atom. The molecular weight excluding hydrogens is 290 g/mol. The predicted octanol–water partition coefficient (Wildman–Crippen LogP) is 4.07. The van der Waals surface area contributed by atoms with Crippen molar-refractivity contribution in [3.05, 3.63) is 47.5 Å². The minimum atomic E-state index is 0.950. The molecule has 0 saturated carbocycles. The van der Waals surface area contributed by atoms with E-state index in [0.717, 1.165) is 12.1 Å². The van der Waals surface area contributed by atoms with Crippen LogP contribution in [0.3, 0.4) is 0 Å². The van der Waals surface area contributed by atoms with Gasteiger partial charge in [-0.15, -0.1) is 11.3 Å². The van der Waals surface area contributed by atoms with E-state index in [1.54, 1.807) is 11.3 Å². The van der Waals surface area contributed by atoms with Gasteiger partial charge in [-0.2, -0.15) is 0 Å². The largest absolute Gasteiger partial charge is 0.291 e. The number of hydrogen-bond acceptors (Lipinski definition) is 2. The molecule has 2 aromatic heterocycles. The maximum absolute atomic E-state index is 4.49. The van der Waals surface area contributed by atoms with Gasteiger partial charge in [-0.3, -0.25) is 0 Å². The van der Waals surface area contributed by atoms with Crippen molar-refractivity contribution in [1.29, 1.82) is 0 Å². The summed E-state index contributed by atoms with van der Waals surface area (Å²) in [5.74, 6) is 1.26. The van der Waals surface area contributed by atoms with Crippen LogP contribution in [0.5, 0.6) is 0 Å². The van der Waals surface area contributed by atoms with Crippen LogP contribution in [0.4, 0.5) is 0 Å². The number of para-hydroxylation sites is 2. The van der Waals surface area contributed by atoms with E-state index in [4.69, 9.17) is 0 Å². The lowest BCUT2D eigenvalue weighted by atomic mass is 10.1. The van der Waals surface area contributed by atoms with Crippen molar-refractivity contribution in [1.82, 2.24) is 9.55 Å². The molecule has 0 aliphatic rings. The molecule has 2 aromatic carbocycles. The number of fused-ring (bicyclic) bond motifs is 2. The molecule has 0 radical (unpaired) electrons. The predicted molar refractivity (Wildman–Crippen MR) is 92.1 cm³/mol. The van der Waals surface area contributed by atoms with Crippen LogP contribution in [0.25, 0.3) is 32.6 Å². The second-order valence-corrected chi connectivity index (χ2v) is 6.43. The number of imidazole rings is 1. The van der Waals surface area contributed by atoms with Crippen LogP contribution in [0.2, 0.25) is 0 Å². The van der Waals surface area contributed by atoms with Crippen molar-refractivity contribution < 1.29 is 4.57 Å². The van der Waals surface area contributed by atoms with E-state index >= 15 is 0 Å². The first kappa shape index (κ1) is 13.5. The summed E-state index contributed by atoms with van der Waals surface area (Å²) < 4.78 is 5.98. The number of benzene rings is 2. The fourth-order valence-corrected chi connectivity index (χ4v) is 4.20. The zero-order valence-electron chi connectivity index (χ0n) is 13.0. The van der Waals surface area contributed by atoms with Crippen molar-refractivity contribution in [2.45, 2.75) is 20.4 Å². The lowest BCUT2D eigenvalue weighted by Gasteiger charge is -2.06. The summed E-state index contributed by atoms with van der Waals surface area (Å²) in [6, 6.07) is 12.9. The summed E-state index contributed by atoms with van der Waals surface area (Å²) in [7, 11) is 2.16. The smallest absolute Gasteiger partial charge is 0.245 e. The molecule has 0 spiro atoms. The fourth-order valence-electron chi connectivity index (χ4n) is 3.31. The van der Waals surface area contributed by atoms with Gasteiger partial charge in [-0.05, 0) is 37.6 Å². The minimum absolute atomic E-state index is 0.950. The van der Waals surface area contributed by atoms with Crippen molar-refractivity contribution in [3.63, 3.8) is 0 Å². The van der Waals surface area contributed by atoms with Crippen LogP contribution in [0.1, 0.15) is 12.5 Å². The van der Waals surface area contributed by atoms with E-state index in [9.17, 15) is 0 Å². The van der Waals surface area contributed by atoms with Gasteiger partial charge in [0.15, 0.2) is 11.0 Å². The molecule has 2 heterocycles. The Balaban J connectivity index is 2.19. The van der Waals surface area contributed by atoms with Crippen LogP contribution >= 0.6 is 11.3 Å². The molecule has 0 aliphatic heterocycles. The monoisotopic (exact) mass is 308 g/mol. The van der Waals surface area contributed by atoms with Crippen LogP contribution in [0, 0.1) is 6.92 Å². The summed E-state index contributed by atoms with van der Waals surface area (Å²) in [5, 5.41) is 0. The van der Waals surface area contributed by atoms with Crippen molar-refractivity contribution in [2.24, 2.45) is 7.05 Å². The lowest BCUT2D eigenvalue weighted by Crippen LogP contribution is -2.30. The highest BCUT2D eigenvalue weighted by molar-refractivity contribution is 7.17. The van der Waals surface area contributed by atoms with E-state index in [2.05, 4.69) is 71.4 Å². The van der Waals surface area contributed by atoms with Gasteiger partial charge in [-0.25, -0.2) is 14.1 Å². The second kappa shape index (κ2) is 4.92. The van der Waals surface area contributed by atoms with E-state index in [-0.39, 0.29) is 0 Å². The highest BCUT2D eigenvalue weighted by atomic mass is 32.1. The molecular formula is C18H18N3S+. The van der Waals surface area contributed by atoms with Crippen LogP contribution in [-0.4, -0.2) is 9.55 Å². The van der Waals surface area contributed by atoms with Gasteiger partial charge in [0.2, 0.25) is 0 Å². The van der Waals surface area contributed by atoms with Crippen LogP contribution < -0.4 is 4.57 Å². The Kier molecular flexibility index (Phi) is 3.01. The van der Waals surface area contributed by atoms with Gasteiger partial charge in [0.25, 0.3) is 5.82 Å². The Hall–Kier alpha value is -2.20. The average Bonchev–Trinajstić information content (AvgIpc) is 3.11. The number of thiazole rings is 1. The topological polar surface area (TPSA) is 21.7 Å². The highest BCUT2D eigenvalue weighted by Gasteiger charge is 2.26. The molecule has 0 bridgehead atoms. The first-order valence-electron chi connectivity index (χ1n) is 7.52. The number of aromatic nitrogens is 3. The first-order valence-corrected chi connectivity index (χ1v) is 8.40. The normalized spacial score (nSPS) is 11.6. The number of nitrogens with zero attached hydrogens (tertiary/aromatic N) is 3. The first-order chi connectivity index (χ1) is 10.7. The molecule has 4 rings (SSSR count). The van der Waals surface area contributed by atoms with Gasteiger partial charge in [-0.1, -0.05) is 18.2 Å². The molecule has 22 heavy (non-hydrogen) atoms. The summed E-state index contributed by atoms with van der Waals surface area (Å²) >= 11 is 1.72. The summed E-state index contributed by atoms with van der Waals surface area (Å²) in [5.41, 5.74) is 8.17. The zero-order chi connectivity index (χ0) is 15.3. The summed E-state index contributed by atoms with van der Waals surface area (Å²) in [6.45, 7) is 5.34. The van der Waals surface area contributed by atoms with E-state index < -0.39 is 0 Å². The van der Waals surface area contributed by atoms with Crippen LogP contribution in [0.15, 0.2) is 41.9 Å². The summed E-state index contributed by atoms with van der Waals surface area (Å²) in [4.78, 5) is 4.49. The van der Waals surface area contributed by atoms with E-state index in [0.29, 0.717) is 0 Å². The summed E-state index contributed by atoms with van der Waals surface area (Å²) in [6.07, 6.45) is 0. The SMILES string of the molecule is CCn1c(-c2c(C)ccc3ncsc23)[n+](C)c2ccccc21. The molecule has 0 fully saturated rings. The fraction of sp³-hybridized carbons (Fsp3) is 0.222. The maximum atomic E-state index is 4.49. The van der Waals surface area contributed by atoms with Gasteiger partial charge >= 0.3 is 0 Å². The maximum Gasteiger partial charge on any atom is 0.291 e. The molecule has 0 saturated heterocycles. The van der Waals surface area contributed by atoms with Gasteiger partial charge in [0, 0.05) is 0 Å². The molecule has 0 unspecified atom stereocenters. The zero-order valence-corrected chi connectivity index (χ0v) is 13.8. The number of hydrogen-bond donors (Lipinski definition) is 0. The molecule has 4 aromatic rings. The quantitative estimate of drug-likeness (QED) is 0.512. The van der Waals surface area contributed by atoms with Crippen molar-refractivity contribution in [2.75, 3.05) is 0 Å². The molecule has 3 nitrogen and oxygen atoms in total. The molecule has 0 atom stereocenters. The average molecular weight is 308 g/mol. The van der Waals surface area contributed by atoms with Gasteiger partial charge in [0.1, 0.15) is 0 Å².